The summed E-state index contributed by atoms with van der Waals surface area (Å²) >= 11 is 6.07. The fraction of sp³-hybridized carbons (Fsp3) is 0.238. The van der Waals surface area contributed by atoms with Gasteiger partial charge in [-0.2, -0.15) is 18.3 Å². The maximum absolute atomic E-state index is 13.0. The summed E-state index contributed by atoms with van der Waals surface area (Å²) < 4.78 is 45.6. The monoisotopic (exact) mass is 437 g/mol. The van der Waals surface area contributed by atoms with Crippen molar-refractivity contribution in [2.24, 2.45) is 0 Å². The SMILES string of the molecule is COc1ccc(NC(=O)Cc2c(C)nn(-c3cccc(C(F)(F)F)c3)c2C)cc1Cl. The molecule has 0 bridgehead atoms. The number of aromatic nitrogens is 2. The Balaban J connectivity index is 1.82. The zero-order valence-corrected chi connectivity index (χ0v) is 17.2. The van der Waals surface area contributed by atoms with Crippen LogP contribution in [0.3, 0.4) is 0 Å². The van der Waals surface area contributed by atoms with Crippen LogP contribution in [-0.4, -0.2) is 22.8 Å². The lowest BCUT2D eigenvalue weighted by Crippen LogP contribution is -2.15. The van der Waals surface area contributed by atoms with Gasteiger partial charge >= 0.3 is 6.18 Å². The van der Waals surface area contributed by atoms with Crippen LogP contribution in [0, 0.1) is 13.8 Å². The van der Waals surface area contributed by atoms with Gasteiger partial charge in [0.2, 0.25) is 5.91 Å². The van der Waals surface area contributed by atoms with E-state index in [9.17, 15) is 18.0 Å². The minimum atomic E-state index is -4.45. The summed E-state index contributed by atoms with van der Waals surface area (Å²) in [5, 5.41) is 7.44. The number of alkyl halides is 3. The highest BCUT2D eigenvalue weighted by Gasteiger charge is 2.30. The molecule has 0 unspecified atom stereocenters. The maximum atomic E-state index is 13.0. The summed E-state index contributed by atoms with van der Waals surface area (Å²) in [7, 11) is 1.49. The number of benzene rings is 2. The summed E-state index contributed by atoms with van der Waals surface area (Å²) in [6.07, 6.45) is -4.44. The first-order valence-corrected chi connectivity index (χ1v) is 9.34. The molecular formula is C21H19ClF3N3O2. The third kappa shape index (κ3) is 4.59. The van der Waals surface area contributed by atoms with E-state index < -0.39 is 11.7 Å². The van der Waals surface area contributed by atoms with E-state index in [-0.39, 0.29) is 18.0 Å². The van der Waals surface area contributed by atoms with Gasteiger partial charge in [-0.15, -0.1) is 0 Å². The molecule has 158 valence electrons. The van der Waals surface area contributed by atoms with Gasteiger partial charge in [-0.1, -0.05) is 17.7 Å². The van der Waals surface area contributed by atoms with Crippen molar-refractivity contribution >= 4 is 23.2 Å². The predicted molar refractivity (Wildman–Crippen MR) is 108 cm³/mol. The number of ether oxygens (including phenoxy) is 1. The number of anilines is 1. The zero-order chi connectivity index (χ0) is 22.1. The van der Waals surface area contributed by atoms with Gasteiger partial charge in [-0.25, -0.2) is 4.68 Å². The van der Waals surface area contributed by atoms with Crippen molar-refractivity contribution in [1.82, 2.24) is 9.78 Å². The number of carbonyl (C=O) groups is 1. The Kier molecular flexibility index (Phi) is 6.07. The second kappa shape index (κ2) is 8.39. The number of amides is 1. The number of nitrogens with zero attached hydrogens (tertiary/aromatic N) is 2. The highest BCUT2D eigenvalue weighted by molar-refractivity contribution is 6.32. The summed E-state index contributed by atoms with van der Waals surface area (Å²) in [5.74, 6) is 0.190. The number of halogens is 4. The molecule has 0 aliphatic rings. The standard InChI is InChI=1S/C21H19ClF3N3O2/c1-12-17(11-20(29)26-15-7-8-19(30-3)18(22)10-15)13(2)28(27-12)16-6-4-5-14(9-16)21(23,24)25/h4-10H,11H2,1-3H3,(H,26,29). The topological polar surface area (TPSA) is 56.1 Å². The first-order valence-electron chi connectivity index (χ1n) is 8.96. The van der Waals surface area contributed by atoms with Gasteiger partial charge in [-0.05, 0) is 50.2 Å². The molecule has 2 aromatic carbocycles. The van der Waals surface area contributed by atoms with Crippen molar-refractivity contribution in [2.75, 3.05) is 12.4 Å². The quantitative estimate of drug-likeness (QED) is 0.585. The smallest absolute Gasteiger partial charge is 0.416 e. The van der Waals surface area contributed by atoms with Crippen LogP contribution < -0.4 is 10.1 Å². The van der Waals surface area contributed by atoms with Crippen LogP contribution in [0.2, 0.25) is 5.02 Å². The minimum Gasteiger partial charge on any atom is -0.495 e. The number of hydrogen-bond donors (Lipinski definition) is 1. The van der Waals surface area contributed by atoms with Crippen LogP contribution in [0.15, 0.2) is 42.5 Å². The van der Waals surface area contributed by atoms with Crippen LogP contribution in [0.25, 0.3) is 5.69 Å². The van der Waals surface area contributed by atoms with Crippen molar-refractivity contribution in [2.45, 2.75) is 26.4 Å². The first-order chi connectivity index (χ1) is 14.1. The molecule has 0 spiro atoms. The molecule has 0 radical (unpaired) electrons. The van der Waals surface area contributed by atoms with Crippen LogP contribution >= 0.6 is 11.6 Å². The third-order valence-corrected chi connectivity index (χ3v) is 4.93. The minimum absolute atomic E-state index is 0.0142. The van der Waals surface area contributed by atoms with Crippen LogP contribution in [0.4, 0.5) is 18.9 Å². The molecule has 1 heterocycles. The predicted octanol–water partition coefficient (Wildman–Crippen LogP) is 5.35. The van der Waals surface area contributed by atoms with Crippen molar-refractivity contribution < 1.29 is 22.7 Å². The molecular weight excluding hydrogens is 419 g/mol. The Morgan fingerprint density at radius 3 is 2.57 bits per heavy atom. The molecule has 9 heteroatoms. The van der Waals surface area contributed by atoms with Gasteiger partial charge in [0.1, 0.15) is 5.75 Å². The molecule has 0 aliphatic carbocycles. The molecule has 0 aliphatic heterocycles. The largest absolute Gasteiger partial charge is 0.495 e. The lowest BCUT2D eigenvalue weighted by Gasteiger charge is -2.10. The van der Waals surface area contributed by atoms with E-state index in [1.54, 1.807) is 32.0 Å². The van der Waals surface area contributed by atoms with Crippen molar-refractivity contribution in [3.8, 4) is 11.4 Å². The second-order valence-corrected chi connectivity index (χ2v) is 7.09. The van der Waals surface area contributed by atoms with Crippen molar-refractivity contribution in [3.05, 3.63) is 70.0 Å². The van der Waals surface area contributed by atoms with Gasteiger partial charge in [0.25, 0.3) is 0 Å². The lowest BCUT2D eigenvalue weighted by molar-refractivity contribution is -0.137. The van der Waals surface area contributed by atoms with Crippen molar-refractivity contribution in [3.63, 3.8) is 0 Å². The molecule has 0 atom stereocenters. The summed E-state index contributed by atoms with van der Waals surface area (Å²) in [6.45, 7) is 3.43. The second-order valence-electron chi connectivity index (χ2n) is 6.68. The Morgan fingerprint density at radius 2 is 1.93 bits per heavy atom. The number of methoxy groups -OCH3 is 1. The van der Waals surface area contributed by atoms with E-state index in [4.69, 9.17) is 16.3 Å². The van der Waals surface area contributed by atoms with Crippen LogP contribution in [-0.2, 0) is 17.4 Å². The van der Waals surface area contributed by atoms with Gasteiger partial charge in [0, 0.05) is 16.9 Å². The molecule has 5 nitrogen and oxygen atoms in total. The van der Waals surface area contributed by atoms with E-state index >= 15 is 0 Å². The lowest BCUT2D eigenvalue weighted by atomic mass is 10.1. The first kappa shape index (κ1) is 21.7. The number of rotatable bonds is 5. The average Bonchev–Trinajstić information content (AvgIpc) is 2.96. The summed E-state index contributed by atoms with van der Waals surface area (Å²) in [4.78, 5) is 12.5. The van der Waals surface area contributed by atoms with E-state index in [0.717, 1.165) is 12.1 Å². The summed E-state index contributed by atoms with van der Waals surface area (Å²) in [6, 6.07) is 9.77. The normalized spacial score (nSPS) is 11.4. The molecule has 0 fully saturated rings. The average molecular weight is 438 g/mol. The molecule has 0 saturated carbocycles. The molecule has 0 saturated heterocycles. The highest BCUT2D eigenvalue weighted by Crippen LogP contribution is 2.31. The number of carbonyl (C=O) groups excluding carboxylic acids is 1. The Hall–Kier alpha value is -3.00. The van der Waals surface area contributed by atoms with Crippen molar-refractivity contribution in [1.29, 1.82) is 0 Å². The van der Waals surface area contributed by atoms with Crippen LogP contribution in [0.1, 0.15) is 22.5 Å². The fourth-order valence-corrected chi connectivity index (χ4v) is 3.36. The number of nitrogens with one attached hydrogen (secondary N) is 1. The molecule has 30 heavy (non-hydrogen) atoms. The van der Waals surface area contributed by atoms with Gasteiger partial charge in [-0.3, -0.25) is 4.79 Å². The number of aryl methyl sites for hydroxylation is 1. The Bertz CT molecular complexity index is 1090. The third-order valence-electron chi connectivity index (χ3n) is 4.63. The number of hydrogen-bond acceptors (Lipinski definition) is 3. The van der Waals surface area contributed by atoms with E-state index in [2.05, 4.69) is 10.4 Å². The Labute approximate surface area is 176 Å². The molecule has 1 aromatic heterocycles. The fourth-order valence-electron chi connectivity index (χ4n) is 3.11. The van der Waals surface area contributed by atoms with E-state index in [0.29, 0.717) is 33.4 Å². The Morgan fingerprint density at radius 1 is 1.20 bits per heavy atom. The van der Waals surface area contributed by atoms with Crippen LogP contribution in [0.5, 0.6) is 5.75 Å². The maximum Gasteiger partial charge on any atom is 0.416 e. The molecule has 1 amide bonds. The zero-order valence-electron chi connectivity index (χ0n) is 16.5. The highest BCUT2D eigenvalue weighted by atomic mass is 35.5. The molecule has 3 aromatic rings. The molecule has 3 rings (SSSR count). The summed E-state index contributed by atoms with van der Waals surface area (Å²) in [5.41, 5.74) is 1.82. The van der Waals surface area contributed by atoms with Gasteiger partial charge in [0.15, 0.2) is 0 Å². The van der Waals surface area contributed by atoms with Gasteiger partial charge in [0.05, 0.1) is 35.5 Å². The molecule has 1 N–H and O–H groups in total. The van der Waals surface area contributed by atoms with E-state index in [1.165, 1.54) is 23.9 Å². The van der Waals surface area contributed by atoms with E-state index in [1.807, 2.05) is 0 Å². The van der Waals surface area contributed by atoms with Gasteiger partial charge < -0.3 is 10.1 Å².